The molecule has 3 aromatic rings. The van der Waals surface area contributed by atoms with Gasteiger partial charge in [-0.1, -0.05) is 6.92 Å². The minimum absolute atomic E-state index is 0.125. The molecule has 0 amide bonds. The smallest absolute Gasteiger partial charge is 0.292 e. The molecule has 4 rings (SSSR count). The molecular weight excluding hydrogens is 312 g/mol. The summed E-state index contributed by atoms with van der Waals surface area (Å²) in [5, 5.41) is 0. The van der Waals surface area contributed by atoms with Crippen LogP contribution in [0.3, 0.4) is 0 Å². The van der Waals surface area contributed by atoms with Gasteiger partial charge in [0.1, 0.15) is 11.3 Å². The lowest BCUT2D eigenvalue weighted by Gasteiger charge is -2.10. The van der Waals surface area contributed by atoms with Crippen molar-refractivity contribution in [1.82, 2.24) is 14.1 Å². The maximum Gasteiger partial charge on any atom is 0.328 e. The van der Waals surface area contributed by atoms with Crippen LogP contribution in [0, 0.1) is 17.0 Å². The molecular formula is C18H17F2N3O. The second-order valence-corrected chi connectivity index (χ2v) is 6.93. The van der Waals surface area contributed by atoms with E-state index in [4.69, 9.17) is 0 Å². The van der Waals surface area contributed by atoms with Crippen molar-refractivity contribution in [2.45, 2.75) is 26.3 Å². The molecule has 0 N–H and O–H groups in total. The number of nitrogens with zero attached hydrogens (tertiary/aromatic N) is 3. The fraction of sp³-hybridized carbons (Fsp3) is 0.333. The van der Waals surface area contributed by atoms with Gasteiger partial charge in [-0.05, 0) is 36.5 Å². The fourth-order valence-electron chi connectivity index (χ4n) is 3.16. The number of fused-ring (bicyclic) bond motifs is 1. The van der Waals surface area contributed by atoms with Crippen LogP contribution >= 0.6 is 0 Å². The van der Waals surface area contributed by atoms with E-state index >= 15 is 4.39 Å². The van der Waals surface area contributed by atoms with E-state index in [-0.39, 0.29) is 22.2 Å². The molecule has 1 aliphatic rings. The lowest BCUT2D eigenvalue weighted by Crippen LogP contribution is -2.25. The van der Waals surface area contributed by atoms with E-state index in [1.165, 1.54) is 16.8 Å². The summed E-state index contributed by atoms with van der Waals surface area (Å²) in [4.78, 5) is 16.3. The van der Waals surface area contributed by atoms with Crippen LogP contribution in [0.2, 0.25) is 0 Å². The van der Waals surface area contributed by atoms with Gasteiger partial charge in [0.05, 0.1) is 11.7 Å². The highest BCUT2D eigenvalue weighted by molar-refractivity contribution is 5.83. The average molecular weight is 329 g/mol. The third kappa shape index (κ3) is 2.25. The molecule has 1 aromatic carbocycles. The second kappa shape index (κ2) is 5.00. The fourth-order valence-corrected chi connectivity index (χ4v) is 3.16. The van der Waals surface area contributed by atoms with Crippen LogP contribution < -0.4 is 5.69 Å². The van der Waals surface area contributed by atoms with Crippen LogP contribution in [0.25, 0.3) is 22.2 Å². The highest BCUT2D eigenvalue weighted by atomic mass is 19.1. The molecule has 1 fully saturated rings. The van der Waals surface area contributed by atoms with Gasteiger partial charge in [-0.3, -0.25) is 14.1 Å². The van der Waals surface area contributed by atoms with E-state index in [0.29, 0.717) is 17.6 Å². The molecule has 0 bridgehead atoms. The number of aryl methyl sites for hydroxylation is 1. The quantitative estimate of drug-likeness (QED) is 0.738. The molecule has 0 saturated heterocycles. The lowest BCUT2D eigenvalue weighted by molar-refractivity contribution is 0.460. The van der Waals surface area contributed by atoms with Crippen molar-refractivity contribution in [3.05, 3.63) is 52.7 Å². The minimum atomic E-state index is -0.529. The monoisotopic (exact) mass is 329 g/mol. The van der Waals surface area contributed by atoms with E-state index in [1.54, 1.807) is 23.7 Å². The molecule has 1 aliphatic carbocycles. The molecule has 0 atom stereocenters. The number of hydrogen-bond donors (Lipinski definition) is 0. The Morgan fingerprint density at radius 3 is 2.67 bits per heavy atom. The van der Waals surface area contributed by atoms with E-state index in [9.17, 15) is 9.18 Å². The normalized spacial score (nSPS) is 15.8. The van der Waals surface area contributed by atoms with Gasteiger partial charge in [0.2, 0.25) is 0 Å². The maximum absolute atomic E-state index is 15.1. The predicted molar refractivity (Wildman–Crippen MR) is 87.7 cm³/mol. The first-order chi connectivity index (χ1) is 11.4. The molecule has 124 valence electrons. The summed E-state index contributed by atoms with van der Waals surface area (Å²) in [7, 11) is 1.56. The van der Waals surface area contributed by atoms with Crippen molar-refractivity contribution in [3.8, 4) is 11.1 Å². The predicted octanol–water partition coefficient (Wildman–Crippen LogP) is 3.48. The molecule has 24 heavy (non-hydrogen) atoms. The molecule has 1 saturated carbocycles. The molecule has 6 heteroatoms. The molecule has 4 nitrogen and oxygen atoms in total. The Hall–Kier alpha value is -2.50. The first-order valence-corrected chi connectivity index (χ1v) is 7.88. The SMILES string of the molecule is Cn1c(=O)n(CC2(C)CC2)c2ccc(-c3cncc(F)c3)c(F)c21. The minimum Gasteiger partial charge on any atom is -0.292 e. The van der Waals surface area contributed by atoms with Gasteiger partial charge >= 0.3 is 5.69 Å². The number of hydrogen-bond acceptors (Lipinski definition) is 2. The first kappa shape index (κ1) is 15.1. The number of rotatable bonds is 3. The van der Waals surface area contributed by atoms with Crippen molar-refractivity contribution in [2.75, 3.05) is 0 Å². The summed E-state index contributed by atoms with van der Waals surface area (Å²) >= 11 is 0. The van der Waals surface area contributed by atoms with E-state index in [2.05, 4.69) is 11.9 Å². The zero-order chi connectivity index (χ0) is 17.1. The van der Waals surface area contributed by atoms with E-state index in [1.807, 2.05) is 0 Å². The Labute approximate surface area is 137 Å². The topological polar surface area (TPSA) is 39.8 Å². The number of halogens is 2. The Morgan fingerprint density at radius 2 is 2.00 bits per heavy atom. The van der Waals surface area contributed by atoms with Crippen molar-refractivity contribution in [3.63, 3.8) is 0 Å². The lowest BCUT2D eigenvalue weighted by atomic mass is 10.1. The number of pyridine rings is 1. The second-order valence-electron chi connectivity index (χ2n) is 6.93. The van der Waals surface area contributed by atoms with Gasteiger partial charge in [-0.15, -0.1) is 0 Å². The van der Waals surface area contributed by atoms with Gasteiger partial charge in [0, 0.05) is 30.9 Å². The zero-order valence-electron chi connectivity index (χ0n) is 13.5. The molecule has 2 aromatic heterocycles. The summed E-state index contributed by atoms with van der Waals surface area (Å²) in [6.45, 7) is 2.71. The van der Waals surface area contributed by atoms with Gasteiger partial charge in [0.15, 0.2) is 5.82 Å². The van der Waals surface area contributed by atoms with E-state index in [0.717, 1.165) is 19.0 Å². The molecule has 0 unspecified atom stereocenters. The zero-order valence-corrected chi connectivity index (χ0v) is 13.5. The molecule has 2 heterocycles. The third-order valence-corrected chi connectivity index (χ3v) is 4.90. The highest BCUT2D eigenvalue weighted by Crippen LogP contribution is 2.46. The largest absolute Gasteiger partial charge is 0.328 e. The standard InChI is InChI=1S/C18H17F2N3O/c1-18(5-6-18)10-23-14-4-3-13(11-7-12(19)9-21-8-11)15(20)16(14)22(2)17(23)24/h3-4,7-9H,5-6,10H2,1-2H3. The van der Waals surface area contributed by atoms with Crippen LogP contribution in [0.5, 0.6) is 0 Å². The Kier molecular flexibility index (Phi) is 3.13. The van der Waals surface area contributed by atoms with Crippen LogP contribution in [-0.4, -0.2) is 14.1 Å². The summed E-state index contributed by atoms with van der Waals surface area (Å²) < 4.78 is 31.4. The Bertz CT molecular complexity index is 1020. The van der Waals surface area contributed by atoms with Crippen molar-refractivity contribution in [2.24, 2.45) is 12.5 Å². The summed E-state index contributed by atoms with van der Waals surface area (Å²) in [6.07, 6.45) is 4.63. The average Bonchev–Trinajstić information content (AvgIpc) is 3.23. The van der Waals surface area contributed by atoms with Crippen molar-refractivity contribution < 1.29 is 8.78 Å². The molecule has 0 spiro atoms. The van der Waals surface area contributed by atoms with Crippen LogP contribution in [0.1, 0.15) is 19.8 Å². The maximum atomic E-state index is 15.1. The van der Waals surface area contributed by atoms with Crippen molar-refractivity contribution >= 4 is 11.0 Å². The molecule has 0 radical (unpaired) electrons. The first-order valence-electron chi connectivity index (χ1n) is 7.88. The van der Waals surface area contributed by atoms with Gasteiger partial charge in [0.25, 0.3) is 0 Å². The molecule has 0 aliphatic heterocycles. The van der Waals surface area contributed by atoms with Crippen molar-refractivity contribution in [1.29, 1.82) is 0 Å². The Balaban J connectivity index is 1.94. The summed E-state index contributed by atoms with van der Waals surface area (Å²) in [5.74, 6) is -1.06. The van der Waals surface area contributed by atoms with Gasteiger partial charge in [-0.25, -0.2) is 13.6 Å². The van der Waals surface area contributed by atoms with Gasteiger partial charge in [-0.2, -0.15) is 0 Å². The van der Waals surface area contributed by atoms with Crippen LogP contribution in [-0.2, 0) is 13.6 Å². The number of imidazole rings is 1. The number of benzene rings is 1. The van der Waals surface area contributed by atoms with Crippen LogP contribution in [0.4, 0.5) is 8.78 Å². The van der Waals surface area contributed by atoms with E-state index < -0.39 is 11.6 Å². The summed E-state index contributed by atoms with van der Waals surface area (Å²) in [6, 6.07) is 4.54. The Morgan fingerprint density at radius 1 is 1.25 bits per heavy atom. The van der Waals surface area contributed by atoms with Crippen LogP contribution in [0.15, 0.2) is 35.4 Å². The third-order valence-electron chi connectivity index (χ3n) is 4.90. The number of aromatic nitrogens is 3. The van der Waals surface area contributed by atoms with Gasteiger partial charge < -0.3 is 0 Å². The highest BCUT2D eigenvalue weighted by Gasteiger charge is 2.38. The summed E-state index contributed by atoms with van der Waals surface area (Å²) in [5.41, 5.74) is 1.29.